The molecule has 0 bridgehead atoms. The van der Waals surface area contributed by atoms with Crippen LogP contribution >= 0.6 is 11.6 Å². The summed E-state index contributed by atoms with van der Waals surface area (Å²) >= 11 is 5.84. The molecule has 0 amide bonds. The second kappa shape index (κ2) is 4.90. The maximum absolute atomic E-state index is 12.7. The number of benzene rings is 1. The van der Waals surface area contributed by atoms with E-state index in [1.54, 1.807) is 6.07 Å². The van der Waals surface area contributed by atoms with E-state index < -0.39 is 5.95 Å². The van der Waals surface area contributed by atoms with E-state index in [0.29, 0.717) is 17.4 Å². The van der Waals surface area contributed by atoms with Crippen LogP contribution in [0, 0.1) is 5.95 Å². The van der Waals surface area contributed by atoms with Gasteiger partial charge in [-0.2, -0.15) is 4.39 Å². The molecular formula is C11H9ClFN3. The van der Waals surface area contributed by atoms with E-state index >= 15 is 0 Å². The Morgan fingerprint density at radius 1 is 1.25 bits per heavy atom. The number of halogens is 2. The highest BCUT2D eigenvalue weighted by atomic mass is 35.5. The van der Waals surface area contributed by atoms with E-state index in [2.05, 4.69) is 15.3 Å². The number of nitrogens with one attached hydrogen (secondary N) is 1. The highest BCUT2D eigenvalue weighted by Gasteiger charge is 1.98. The predicted octanol–water partition coefficient (Wildman–Crippen LogP) is 2.88. The molecule has 0 aliphatic carbocycles. The summed E-state index contributed by atoms with van der Waals surface area (Å²) < 4.78 is 12.7. The van der Waals surface area contributed by atoms with Gasteiger partial charge in [-0.25, -0.2) is 9.97 Å². The summed E-state index contributed by atoms with van der Waals surface area (Å²) in [5, 5.41) is 3.65. The van der Waals surface area contributed by atoms with Gasteiger partial charge in [-0.15, -0.1) is 0 Å². The summed E-state index contributed by atoms with van der Waals surface area (Å²) in [5.41, 5.74) is 1.01. The Kier molecular flexibility index (Phi) is 3.31. The normalized spacial score (nSPS) is 10.1. The van der Waals surface area contributed by atoms with Gasteiger partial charge in [-0.05, 0) is 17.7 Å². The second-order valence-electron chi connectivity index (χ2n) is 3.21. The van der Waals surface area contributed by atoms with Crippen molar-refractivity contribution in [3.05, 3.63) is 53.2 Å². The molecule has 0 saturated carbocycles. The highest BCUT2D eigenvalue weighted by Crippen LogP contribution is 2.12. The Labute approximate surface area is 97.3 Å². The van der Waals surface area contributed by atoms with Crippen molar-refractivity contribution in [3.63, 3.8) is 0 Å². The molecule has 0 radical (unpaired) electrons. The summed E-state index contributed by atoms with van der Waals surface area (Å²) in [5.74, 6) is -0.101. The minimum atomic E-state index is -0.552. The third-order valence-corrected chi connectivity index (χ3v) is 2.23. The molecule has 2 rings (SSSR count). The van der Waals surface area contributed by atoms with E-state index in [4.69, 9.17) is 11.6 Å². The first kappa shape index (κ1) is 10.8. The van der Waals surface area contributed by atoms with Gasteiger partial charge in [0.1, 0.15) is 12.1 Å². The molecule has 16 heavy (non-hydrogen) atoms. The molecule has 0 atom stereocenters. The van der Waals surface area contributed by atoms with Crippen LogP contribution in [-0.2, 0) is 6.54 Å². The van der Waals surface area contributed by atoms with Crippen LogP contribution in [0.25, 0.3) is 0 Å². The molecule has 1 heterocycles. The van der Waals surface area contributed by atoms with Crippen molar-refractivity contribution in [1.29, 1.82) is 0 Å². The zero-order valence-corrected chi connectivity index (χ0v) is 9.08. The Balaban J connectivity index is 2.02. The van der Waals surface area contributed by atoms with Crippen LogP contribution in [0.5, 0.6) is 0 Å². The van der Waals surface area contributed by atoms with Crippen molar-refractivity contribution >= 4 is 17.4 Å². The zero-order valence-electron chi connectivity index (χ0n) is 8.32. The van der Waals surface area contributed by atoms with Crippen LogP contribution in [0.15, 0.2) is 36.7 Å². The van der Waals surface area contributed by atoms with Crippen LogP contribution in [0.2, 0.25) is 5.02 Å². The maximum atomic E-state index is 12.7. The third kappa shape index (κ3) is 2.90. The lowest BCUT2D eigenvalue weighted by Crippen LogP contribution is -2.02. The van der Waals surface area contributed by atoms with Crippen LogP contribution in [0.4, 0.5) is 10.2 Å². The van der Waals surface area contributed by atoms with E-state index in [0.717, 1.165) is 5.56 Å². The van der Waals surface area contributed by atoms with Crippen LogP contribution in [-0.4, -0.2) is 9.97 Å². The first-order valence-corrected chi connectivity index (χ1v) is 5.08. The quantitative estimate of drug-likeness (QED) is 0.835. The average Bonchev–Trinajstić information content (AvgIpc) is 2.27. The second-order valence-corrected chi connectivity index (χ2v) is 3.65. The predicted molar refractivity (Wildman–Crippen MR) is 60.8 cm³/mol. The summed E-state index contributed by atoms with van der Waals surface area (Å²) in [6, 6.07) is 8.67. The molecule has 1 aromatic carbocycles. The fourth-order valence-electron chi connectivity index (χ4n) is 1.27. The largest absolute Gasteiger partial charge is 0.366 e. The molecule has 1 aromatic heterocycles. The molecule has 0 saturated heterocycles. The number of aromatic nitrogens is 2. The molecule has 0 unspecified atom stereocenters. The van der Waals surface area contributed by atoms with Crippen molar-refractivity contribution < 1.29 is 4.39 Å². The molecule has 5 heteroatoms. The number of hydrogen-bond donors (Lipinski definition) is 1. The SMILES string of the molecule is Fc1cc(NCc2cccc(Cl)c2)ncn1. The summed E-state index contributed by atoms with van der Waals surface area (Å²) in [7, 11) is 0. The molecule has 0 spiro atoms. The lowest BCUT2D eigenvalue weighted by Gasteiger charge is -2.05. The maximum Gasteiger partial charge on any atom is 0.217 e. The highest BCUT2D eigenvalue weighted by molar-refractivity contribution is 6.30. The lowest BCUT2D eigenvalue weighted by molar-refractivity contribution is 0.580. The molecule has 0 aliphatic rings. The van der Waals surface area contributed by atoms with Crippen molar-refractivity contribution in [3.8, 4) is 0 Å². The topological polar surface area (TPSA) is 37.8 Å². The Hall–Kier alpha value is -1.68. The standard InChI is InChI=1S/C11H9ClFN3/c12-9-3-1-2-8(4-9)6-14-11-5-10(13)15-7-16-11/h1-5,7H,6H2,(H,14,15,16). The average molecular weight is 238 g/mol. The third-order valence-electron chi connectivity index (χ3n) is 2.00. The molecule has 1 N–H and O–H groups in total. The number of anilines is 1. The van der Waals surface area contributed by atoms with Gasteiger partial charge in [-0.1, -0.05) is 23.7 Å². The van der Waals surface area contributed by atoms with Gasteiger partial charge in [0, 0.05) is 17.6 Å². The Morgan fingerprint density at radius 3 is 2.88 bits per heavy atom. The number of hydrogen-bond acceptors (Lipinski definition) is 3. The van der Waals surface area contributed by atoms with Crippen molar-refractivity contribution in [2.45, 2.75) is 6.54 Å². The minimum absolute atomic E-state index is 0.451. The number of rotatable bonds is 3. The van der Waals surface area contributed by atoms with E-state index in [1.165, 1.54) is 12.4 Å². The minimum Gasteiger partial charge on any atom is -0.366 e. The number of nitrogens with zero attached hydrogens (tertiary/aromatic N) is 2. The fraction of sp³-hybridized carbons (Fsp3) is 0.0909. The van der Waals surface area contributed by atoms with Crippen molar-refractivity contribution in [2.75, 3.05) is 5.32 Å². The van der Waals surface area contributed by atoms with Crippen LogP contribution in [0.3, 0.4) is 0 Å². The lowest BCUT2D eigenvalue weighted by atomic mass is 10.2. The Morgan fingerprint density at radius 2 is 2.12 bits per heavy atom. The van der Waals surface area contributed by atoms with E-state index in [-0.39, 0.29) is 0 Å². The van der Waals surface area contributed by atoms with Crippen LogP contribution < -0.4 is 5.32 Å². The molecule has 82 valence electrons. The zero-order chi connectivity index (χ0) is 11.4. The fourth-order valence-corrected chi connectivity index (χ4v) is 1.48. The molecule has 0 aliphatic heterocycles. The summed E-state index contributed by atoms with van der Waals surface area (Å²) in [6.07, 6.45) is 1.18. The van der Waals surface area contributed by atoms with Gasteiger partial charge >= 0.3 is 0 Å². The first-order chi connectivity index (χ1) is 7.74. The molecule has 2 aromatic rings. The van der Waals surface area contributed by atoms with Gasteiger partial charge in [0.15, 0.2) is 0 Å². The molecule has 0 fully saturated rings. The monoisotopic (exact) mass is 237 g/mol. The van der Waals surface area contributed by atoms with E-state index in [1.807, 2.05) is 18.2 Å². The van der Waals surface area contributed by atoms with Gasteiger partial charge in [0.25, 0.3) is 0 Å². The molecular weight excluding hydrogens is 229 g/mol. The van der Waals surface area contributed by atoms with Gasteiger partial charge in [0.05, 0.1) is 0 Å². The van der Waals surface area contributed by atoms with Crippen molar-refractivity contribution in [2.24, 2.45) is 0 Å². The Bertz CT molecular complexity index is 445. The smallest absolute Gasteiger partial charge is 0.217 e. The molecule has 3 nitrogen and oxygen atoms in total. The van der Waals surface area contributed by atoms with Gasteiger partial charge in [-0.3, -0.25) is 0 Å². The van der Waals surface area contributed by atoms with Gasteiger partial charge < -0.3 is 5.32 Å². The van der Waals surface area contributed by atoms with Crippen molar-refractivity contribution in [1.82, 2.24) is 9.97 Å². The summed E-state index contributed by atoms with van der Waals surface area (Å²) in [4.78, 5) is 7.25. The van der Waals surface area contributed by atoms with Crippen LogP contribution in [0.1, 0.15) is 5.56 Å². The summed E-state index contributed by atoms with van der Waals surface area (Å²) in [6.45, 7) is 0.539. The van der Waals surface area contributed by atoms with E-state index in [9.17, 15) is 4.39 Å². The first-order valence-electron chi connectivity index (χ1n) is 4.70. The van der Waals surface area contributed by atoms with Gasteiger partial charge in [0.2, 0.25) is 5.95 Å².